The van der Waals surface area contributed by atoms with Crippen LogP contribution < -0.4 is 10.6 Å². The minimum Gasteiger partial charge on any atom is -0.459 e. The Kier molecular flexibility index (Phi) is 6.95. The van der Waals surface area contributed by atoms with Crippen LogP contribution in [0.4, 0.5) is 0 Å². The molecule has 0 radical (unpaired) electrons. The van der Waals surface area contributed by atoms with E-state index in [-0.39, 0.29) is 23.0 Å². The Hall–Kier alpha value is -1.98. The van der Waals surface area contributed by atoms with Gasteiger partial charge in [0.15, 0.2) is 5.76 Å². The van der Waals surface area contributed by atoms with Crippen LogP contribution in [0.25, 0.3) is 0 Å². The smallest absolute Gasteiger partial charge is 0.287 e. The third-order valence-corrected chi connectivity index (χ3v) is 5.13. The van der Waals surface area contributed by atoms with Gasteiger partial charge in [0.25, 0.3) is 5.91 Å². The molecule has 2 N–H and O–H groups in total. The molecule has 0 aliphatic heterocycles. The van der Waals surface area contributed by atoms with Crippen molar-refractivity contribution < 1.29 is 14.0 Å². The SMILES string of the molecule is CC(C)C(NC(=O)c1ccco1)C(=O)NCC(C)(C)c1ccc(Cl)c(Cl)c1. The lowest BCUT2D eigenvalue weighted by atomic mass is 9.84. The summed E-state index contributed by atoms with van der Waals surface area (Å²) in [6.45, 7) is 8.12. The van der Waals surface area contributed by atoms with Gasteiger partial charge in [0.05, 0.1) is 16.3 Å². The standard InChI is InChI=1S/C20H24Cl2N2O3/c1-12(2)17(24-18(25)16-6-5-9-27-16)19(26)23-11-20(3,4)13-7-8-14(21)15(22)10-13/h5-10,12,17H,11H2,1-4H3,(H,23,26)(H,24,25). The summed E-state index contributed by atoms with van der Waals surface area (Å²) in [5, 5.41) is 6.61. The van der Waals surface area contributed by atoms with Crippen molar-refractivity contribution in [3.8, 4) is 0 Å². The molecule has 1 atom stereocenters. The number of benzene rings is 1. The molecular weight excluding hydrogens is 387 g/mol. The highest BCUT2D eigenvalue weighted by Crippen LogP contribution is 2.29. The van der Waals surface area contributed by atoms with E-state index in [1.54, 1.807) is 24.3 Å². The molecule has 0 bridgehead atoms. The number of carbonyl (C=O) groups is 2. The van der Waals surface area contributed by atoms with Crippen LogP contribution in [0.1, 0.15) is 43.8 Å². The normalized spacial score (nSPS) is 12.7. The van der Waals surface area contributed by atoms with Gasteiger partial charge in [0, 0.05) is 12.0 Å². The Morgan fingerprint density at radius 3 is 2.41 bits per heavy atom. The van der Waals surface area contributed by atoms with Crippen molar-refractivity contribution in [3.63, 3.8) is 0 Å². The van der Waals surface area contributed by atoms with Gasteiger partial charge in [0.1, 0.15) is 6.04 Å². The molecule has 27 heavy (non-hydrogen) atoms. The molecule has 1 unspecified atom stereocenters. The molecule has 1 aromatic carbocycles. The average molecular weight is 411 g/mol. The number of furan rings is 1. The van der Waals surface area contributed by atoms with E-state index in [9.17, 15) is 9.59 Å². The fourth-order valence-corrected chi connectivity index (χ4v) is 2.89. The zero-order valence-electron chi connectivity index (χ0n) is 15.8. The van der Waals surface area contributed by atoms with Crippen molar-refractivity contribution in [1.82, 2.24) is 10.6 Å². The summed E-state index contributed by atoms with van der Waals surface area (Å²) in [5.41, 5.74) is 0.592. The molecule has 5 nitrogen and oxygen atoms in total. The number of amides is 2. The summed E-state index contributed by atoms with van der Waals surface area (Å²) in [7, 11) is 0. The maximum absolute atomic E-state index is 12.7. The second kappa shape index (κ2) is 8.81. The van der Waals surface area contributed by atoms with E-state index < -0.39 is 11.9 Å². The number of rotatable bonds is 7. The van der Waals surface area contributed by atoms with Gasteiger partial charge < -0.3 is 15.1 Å². The lowest BCUT2D eigenvalue weighted by Gasteiger charge is -2.28. The van der Waals surface area contributed by atoms with E-state index in [1.165, 1.54) is 6.26 Å². The first-order valence-corrected chi connectivity index (χ1v) is 9.45. The molecular formula is C20H24Cl2N2O3. The molecule has 0 aliphatic rings. The van der Waals surface area contributed by atoms with Crippen LogP contribution in [0, 0.1) is 5.92 Å². The van der Waals surface area contributed by atoms with Gasteiger partial charge in [0.2, 0.25) is 5.91 Å². The zero-order chi connectivity index (χ0) is 20.2. The molecule has 0 saturated carbocycles. The molecule has 2 amide bonds. The van der Waals surface area contributed by atoms with E-state index in [0.717, 1.165) is 5.56 Å². The summed E-state index contributed by atoms with van der Waals surface area (Å²) >= 11 is 12.1. The number of nitrogens with one attached hydrogen (secondary N) is 2. The fraction of sp³-hybridized carbons (Fsp3) is 0.400. The van der Waals surface area contributed by atoms with Gasteiger partial charge in [-0.3, -0.25) is 9.59 Å². The van der Waals surface area contributed by atoms with Crippen molar-refractivity contribution in [2.24, 2.45) is 5.92 Å². The van der Waals surface area contributed by atoms with Gasteiger partial charge in [-0.05, 0) is 35.7 Å². The van der Waals surface area contributed by atoms with Gasteiger partial charge in [-0.1, -0.05) is 57.0 Å². The third kappa shape index (κ3) is 5.50. The topological polar surface area (TPSA) is 71.3 Å². The van der Waals surface area contributed by atoms with Gasteiger partial charge in [-0.2, -0.15) is 0 Å². The maximum Gasteiger partial charge on any atom is 0.287 e. The zero-order valence-corrected chi connectivity index (χ0v) is 17.3. The lowest BCUT2D eigenvalue weighted by molar-refractivity contribution is -0.124. The Balaban J connectivity index is 2.04. The monoisotopic (exact) mass is 410 g/mol. The van der Waals surface area contributed by atoms with Crippen molar-refractivity contribution >= 4 is 35.0 Å². The summed E-state index contributed by atoms with van der Waals surface area (Å²) in [6, 6.07) is 7.93. The molecule has 0 spiro atoms. The highest BCUT2D eigenvalue weighted by atomic mass is 35.5. The Morgan fingerprint density at radius 2 is 1.85 bits per heavy atom. The van der Waals surface area contributed by atoms with E-state index in [4.69, 9.17) is 27.6 Å². The number of carbonyl (C=O) groups excluding carboxylic acids is 2. The van der Waals surface area contributed by atoms with Crippen molar-refractivity contribution in [2.45, 2.75) is 39.2 Å². The first-order valence-electron chi connectivity index (χ1n) is 8.69. The van der Waals surface area contributed by atoms with E-state index >= 15 is 0 Å². The first-order chi connectivity index (χ1) is 12.6. The summed E-state index contributed by atoms with van der Waals surface area (Å²) in [6.07, 6.45) is 1.42. The van der Waals surface area contributed by atoms with E-state index in [1.807, 2.05) is 33.8 Å². The summed E-state index contributed by atoms with van der Waals surface area (Å²) in [4.78, 5) is 24.9. The highest BCUT2D eigenvalue weighted by molar-refractivity contribution is 6.42. The minimum absolute atomic E-state index is 0.0861. The fourth-order valence-electron chi connectivity index (χ4n) is 2.59. The molecule has 0 fully saturated rings. The van der Waals surface area contributed by atoms with Crippen LogP contribution in [0.3, 0.4) is 0 Å². The predicted octanol–water partition coefficient (Wildman–Crippen LogP) is 4.43. The van der Waals surface area contributed by atoms with Crippen molar-refractivity contribution in [1.29, 1.82) is 0 Å². The second-order valence-electron chi connectivity index (χ2n) is 7.40. The number of hydrogen-bond acceptors (Lipinski definition) is 3. The average Bonchev–Trinajstić information content (AvgIpc) is 3.14. The molecule has 0 aliphatic carbocycles. The Morgan fingerprint density at radius 1 is 1.15 bits per heavy atom. The third-order valence-electron chi connectivity index (χ3n) is 4.39. The van der Waals surface area contributed by atoms with Crippen molar-refractivity contribution in [3.05, 3.63) is 58.0 Å². The predicted molar refractivity (Wildman–Crippen MR) is 107 cm³/mol. The number of halogens is 2. The molecule has 2 aromatic rings. The van der Waals surface area contributed by atoms with Crippen LogP contribution in [-0.4, -0.2) is 24.4 Å². The van der Waals surface area contributed by atoms with Crippen LogP contribution in [-0.2, 0) is 10.2 Å². The van der Waals surface area contributed by atoms with Crippen LogP contribution >= 0.6 is 23.2 Å². The molecule has 0 saturated heterocycles. The first kappa shape index (κ1) is 21.3. The molecule has 7 heteroatoms. The summed E-state index contributed by atoms with van der Waals surface area (Å²) in [5.74, 6) is -0.586. The van der Waals surface area contributed by atoms with E-state index in [2.05, 4.69) is 10.6 Å². The molecule has 1 aromatic heterocycles. The highest BCUT2D eigenvalue weighted by Gasteiger charge is 2.28. The van der Waals surface area contributed by atoms with Crippen molar-refractivity contribution in [2.75, 3.05) is 6.54 Å². The maximum atomic E-state index is 12.7. The van der Waals surface area contributed by atoms with Crippen LogP contribution in [0.5, 0.6) is 0 Å². The Labute approximate surface area is 169 Å². The Bertz CT molecular complexity index is 802. The van der Waals surface area contributed by atoms with E-state index in [0.29, 0.717) is 16.6 Å². The van der Waals surface area contributed by atoms with Crippen LogP contribution in [0.15, 0.2) is 41.0 Å². The largest absolute Gasteiger partial charge is 0.459 e. The quantitative estimate of drug-likeness (QED) is 0.708. The molecule has 1 heterocycles. The second-order valence-corrected chi connectivity index (χ2v) is 8.22. The lowest BCUT2D eigenvalue weighted by Crippen LogP contribution is -2.51. The van der Waals surface area contributed by atoms with Gasteiger partial charge >= 0.3 is 0 Å². The summed E-state index contributed by atoms with van der Waals surface area (Å²) < 4.78 is 5.08. The molecule has 146 valence electrons. The molecule has 2 rings (SSSR count). The van der Waals surface area contributed by atoms with Gasteiger partial charge in [-0.25, -0.2) is 0 Å². The number of hydrogen-bond donors (Lipinski definition) is 2. The van der Waals surface area contributed by atoms with Crippen LogP contribution in [0.2, 0.25) is 10.0 Å². The minimum atomic E-state index is -0.674. The van der Waals surface area contributed by atoms with Gasteiger partial charge in [-0.15, -0.1) is 0 Å².